The molecule has 0 aromatic heterocycles. The van der Waals surface area contributed by atoms with Gasteiger partial charge in [-0.3, -0.25) is 0 Å². The lowest BCUT2D eigenvalue weighted by atomic mass is 10.0. The molecule has 1 aromatic carbocycles. The highest BCUT2D eigenvalue weighted by Crippen LogP contribution is 2.21. The Morgan fingerprint density at radius 1 is 1.50 bits per heavy atom. The summed E-state index contributed by atoms with van der Waals surface area (Å²) in [6.07, 6.45) is 1.21. The van der Waals surface area contributed by atoms with Gasteiger partial charge in [0.15, 0.2) is 0 Å². The van der Waals surface area contributed by atoms with E-state index < -0.39 is 0 Å². The molecule has 0 saturated heterocycles. The van der Waals surface area contributed by atoms with Crippen LogP contribution in [0.3, 0.4) is 0 Å². The van der Waals surface area contributed by atoms with Crippen LogP contribution in [0.4, 0.5) is 4.39 Å². The molecule has 3 N–H and O–H groups in total. The van der Waals surface area contributed by atoms with Crippen LogP contribution in [0.25, 0.3) is 0 Å². The molecule has 0 fully saturated rings. The van der Waals surface area contributed by atoms with E-state index in [1.54, 1.807) is 12.1 Å². The monoisotopic (exact) mass is 309 g/mol. The third-order valence-electron chi connectivity index (χ3n) is 2.03. The molecule has 0 saturated carbocycles. The molecular formula is C10H13FINO. The molecule has 0 unspecified atom stereocenters. The van der Waals surface area contributed by atoms with E-state index in [1.807, 2.05) is 0 Å². The maximum atomic E-state index is 13.3. The van der Waals surface area contributed by atoms with Gasteiger partial charge in [0.2, 0.25) is 0 Å². The van der Waals surface area contributed by atoms with Crippen LogP contribution in [0.2, 0.25) is 0 Å². The van der Waals surface area contributed by atoms with Crippen molar-refractivity contribution < 1.29 is 9.50 Å². The number of halogens is 2. The van der Waals surface area contributed by atoms with E-state index in [4.69, 9.17) is 10.8 Å². The van der Waals surface area contributed by atoms with Crippen molar-refractivity contribution in [3.63, 3.8) is 0 Å². The molecule has 0 amide bonds. The van der Waals surface area contributed by atoms with Gasteiger partial charge in [-0.05, 0) is 53.6 Å². The quantitative estimate of drug-likeness (QED) is 0.838. The summed E-state index contributed by atoms with van der Waals surface area (Å²) >= 11 is 2.12. The molecule has 0 aliphatic rings. The van der Waals surface area contributed by atoms with Crippen LogP contribution in [0.5, 0.6) is 0 Å². The van der Waals surface area contributed by atoms with Gasteiger partial charge in [-0.25, -0.2) is 4.39 Å². The Labute approximate surface area is 96.5 Å². The lowest BCUT2D eigenvalue weighted by Crippen LogP contribution is -2.12. The van der Waals surface area contributed by atoms with Gasteiger partial charge in [-0.2, -0.15) is 0 Å². The van der Waals surface area contributed by atoms with Gasteiger partial charge >= 0.3 is 0 Å². The van der Waals surface area contributed by atoms with Crippen molar-refractivity contribution in [2.45, 2.75) is 18.9 Å². The molecule has 0 radical (unpaired) electrons. The van der Waals surface area contributed by atoms with Crippen molar-refractivity contribution in [1.82, 2.24) is 0 Å². The minimum atomic E-state index is -0.322. The van der Waals surface area contributed by atoms with Crippen molar-refractivity contribution in [1.29, 1.82) is 0 Å². The first-order valence-electron chi connectivity index (χ1n) is 4.46. The third kappa shape index (κ3) is 3.18. The van der Waals surface area contributed by atoms with Crippen molar-refractivity contribution in [2.75, 3.05) is 6.61 Å². The normalized spacial score (nSPS) is 12.9. The highest BCUT2D eigenvalue weighted by molar-refractivity contribution is 14.1. The highest BCUT2D eigenvalue weighted by Gasteiger charge is 2.11. The fourth-order valence-corrected chi connectivity index (χ4v) is 1.78. The smallest absolute Gasteiger partial charge is 0.128 e. The summed E-state index contributed by atoms with van der Waals surface area (Å²) in [5, 5.41) is 8.64. The molecule has 0 spiro atoms. The van der Waals surface area contributed by atoms with Crippen LogP contribution in [0, 0.1) is 9.39 Å². The molecule has 0 aliphatic carbocycles. The Morgan fingerprint density at radius 2 is 2.21 bits per heavy atom. The van der Waals surface area contributed by atoms with E-state index in [2.05, 4.69) is 22.6 Å². The van der Waals surface area contributed by atoms with Gasteiger partial charge in [-0.1, -0.05) is 0 Å². The molecule has 0 bridgehead atoms. The summed E-state index contributed by atoms with van der Waals surface area (Å²) in [6, 6.07) is 4.56. The summed E-state index contributed by atoms with van der Waals surface area (Å²) in [7, 11) is 0. The zero-order valence-electron chi connectivity index (χ0n) is 7.71. The highest BCUT2D eigenvalue weighted by atomic mass is 127. The van der Waals surface area contributed by atoms with E-state index in [1.165, 1.54) is 6.07 Å². The Hall–Kier alpha value is -0.200. The second kappa shape index (κ2) is 5.63. The largest absolute Gasteiger partial charge is 0.396 e. The van der Waals surface area contributed by atoms with Crippen LogP contribution < -0.4 is 5.73 Å². The molecule has 1 rings (SSSR count). The van der Waals surface area contributed by atoms with Gasteiger partial charge in [0.1, 0.15) is 5.82 Å². The summed E-state index contributed by atoms with van der Waals surface area (Å²) in [5.74, 6) is -0.268. The Morgan fingerprint density at radius 3 is 2.86 bits per heavy atom. The van der Waals surface area contributed by atoms with Gasteiger partial charge in [0.05, 0.1) is 0 Å². The average molecular weight is 309 g/mol. The van der Waals surface area contributed by atoms with Gasteiger partial charge < -0.3 is 10.8 Å². The number of hydrogen-bond donors (Lipinski definition) is 2. The molecule has 14 heavy (non-hydrogen) atoms. The third-order valence-corrected chi connectivity index (χ3v) is 2.70. The molecular weight excluding hydrogens is 296 g/mol. The van der Waals surface area contributed by atoms with Crippen LogP contribution >= 0.6 is 22.6 Å². The van der Waals surface area contributed by atoms with Crippen molar-refractivity contribution in [3.8, 4) is 0 Å². The van der Waals surface area contributed by atoms with E-state index >= 15 is 0 Å². The zero-order valence-corrected chi connectivity index (χ0v) is 9.87. The lowest BCUT2D eigenvalue weighted by molar-refractivity contribution is 0.279. The number of aliphatic hydroxyl groups is 1. The molecule has 1 atom stereocenters. The van der Waals surface area contributed by atoms with E-state index in [0.717, 1.165) is 3.57 Å². The SMILES string of the molecule is N[C@H](CCCO)c1cc(I)ccc1F. The van der Waals surface area contributed by atoms with E-state index in [9.17, 15) is 4.39 Å². The Balaban J connectivity index is 2.77. The van der Waals surface area contributed by atoms with Crippen molar-refractivity contribution >= 4 is 22.6 Å². The predicted molar refractivity (Wildman–Crippen MR) is 62.4 cm³/mol. The fraction of sp³-hybridized carbons (Fsp3) is 0.400. The topological polar surface area (TPSA) is 46.2 Å². The summed E-state index contributed by atoms with van der Waals surface area (Å²) in [5.41, 5.74) is 6.33. The predicted octanol–water partition coefficient (Wildman–Crippen LogP) is 2.20. The standard InChI is InChI=1S/C10H13FINO/c11-9-4-3-7(12)6-8(9)10(13)2-1-5-14/h3-4,6,10,14H,1-2,5,13H2/t10-/m1/s1. The molecule has 1 aromatic rings. The number of hydrogen-bond acceptors (Lipinski definition) is 2. The summed E-state index contributed by atoms with van der Waals surface area (Å²) in [4.78, 5) is 0. The zero-order chi connectivity index (χ0) is 10.6. The first-order chi connectivity index (χ1) is 6.65. The van der Waals surface area contributed by atoms with Crippen molar-refractivity contribution in [3.05, 3.63) is 33.1 Å². The maximum Gasteiger partial charge on any atom is 0.128 e. The molecule has 0 aliphatic heterocycles. The molecule has 78 valence electrons. The van der Waals surface area contributed by atoms with Crippen LogP contribution in [0.15, 0.2) is 18.2 Å². The maximum absolute atomic E-state index is 13.3. The van der Waals surface area contributed by atoms with Crippen molar-refractivity contribution in [2.24, 2.45) is 5.73 Å². The summed E-state index contributed by atoms with van der Waals surface area (Å²) in [6.45, 7) is 0.0965. The number of nitrogens with two attached hydrogens (primary N) is 1. The second-order valence-corrected chi connectivity index (χ2v) is 4.38. The van der Waals surface area contributed by atoms with E-state index in [-0.39, 0.29) is 18.5 Å². The van der Waals surface area contributed by atoms with E-state index in [0.29, 0.717) is 18.4 Å². The van der Waals surface area contributed by atoms with Crippen LogP contribution in [-0.2, 0) is 0 Å². The van der Waals surface area contributed by atoms with Crippen LogP contribution in [-0.4, -0.2) is 11.7 Å². The Kier molecular flexibility index (Phi) is 4.77. The first kappa shape index (κ1) is 11.9. The lowest BCUT2D eigenvalue weighted by Gasteiger charge is -2.12. The minimum absolute atomic E-state index is 0.0965. The number of aliphatic hydroxyl groups excluding tert-OH is 1. The molecule has 4 heteroatoms. The number of rotatable bonds is 4. The average Bonchev–Trinajstić information content (AvgIpc) is 2.18. The minimum Gasteiger partial charge on any atom is -0.396 e. The molecule has 2 nitrogen and oxygen atoms in total. The van der Waals surface area contributed by atoms with Gasteiger partial charge in [0, 0.05) is 21.8 Å². The Bertz CT molecular complexity index is 306. The summed E-state index contributed by atoms with van der Waals surface area (Å²) < 4.78 is 14.3. The first-order valence-corrected chi connectivity index (χ1v) is 5.54. The molecule has 0 heterocycles. The fourth-order valence-electron chi connectivity index (χ4n) is 1.27. The van der Waals surface area contributed by atoms with Crippen LogP contribution in [0.1, 0.15) is 24.4 Å². The second-order valence-electron chi connectivity index (χ2n) is 3.14. The number of benzene rings is 1. The van der Waals surface area contributed by atoms with Gasteiger partial charge in [-0.15, -0.1) is 0 Å². The van der Waals surface area contributed by atoms with Gasteiger partial charge in [0.25, 0.3) is 0 Å².